The second-order valence-electron chi connectivity index (χ2n) is 5.53. The Labute approximate surface area is 142 Å². The quantitative estimate of drug-likeness (QED) is 0.901. The van der Waals surface area contributed by atoms with Gasteiger partial charge in [0.1, 0.15) is 5.75 Å². The van der Waals surface area contributed by atoms with Crippen LogP contribution in [0.25, 0.3) is 0 Å². The van der Waals surface area contributed by atoms with E-state index in [4.69, 9.17) is 4.74 Å². The van der Waals surface area contributed by atoms with Gasteiger partial charge in [-0.1, -0.05) is 17.7 Å². The van der Waals surface area contributed by atoms with Gasteiger partial charge in [-0.3, -0.25) is 9.52 Å². The van der Waals surface area contributed by atoms with Crippen LogP contribution in [0.15, 0.2) is 47.4 Å². The summed E-state index contributed by atoms with van der Waals surface area (Å²) in [5.41, 5.74) is 1.54. The van der Waals surface area contributed by atoms with Crippen molar-refractivity contribution in [1.29, 1.82) is 0 Å². The SMILES string of the molecule is COc1ccc(C(=O)N(C)C)cc1NS(=O)(=O)c1ccc(C)cc1. The first-order valence-corrected chi connectivity index (χ1v) is 8.72. The lowest BCUT2D eigenvalue weighted by Crippen LogP contribution is -2.22. The van der Waals surface area contributed by atoms with E-state index in [2.05, 4.69) is 4.72 Å². The molecule has 0 aliphatic carbocycles. The van der Waals surface area contributed by atoms with Gasteiger partial charge in [0.05, 0.1) is 17.7 Å². The Kier molecular flexibility index (Phi) is 5.14. The highest BCUT2D eigenvalue weighted by atomic mass is 32.2. The van der Waals surface area contributed by atoms with Gasteiger partial charge in [0.2, 0.25) is 0 Å². The van der Waals surface area contributed by atoms with Gasteiger partial charge in [-0.2, -0.15) is 0 Å². The summed E-state index contributed by atoms with van der Waals surface area (Å²) in [7, 11) is 0.912. The minimum Gasteiger partial charge on any atom is -0.495 e. The van der Waals surface area contributed by atoms with Crippen LogP contribution in [0.3, 0.4) is 0 Å². The number of rotatable bonds is 5. The van der Waals surface area contributed by atoms with Gasteiger partial charge in [-0.05, 0) is 37.3 Å². The van der Waals surface area contributed by atoms with E-state index in [1.165, 1.54) is 30.2 Å². The van der Waals surface area contributed by atoms with Crippen molar-refractivity contribution in [2.24, 2.45) is 0 Å². The molecular formula is C17H20N2O4S. The van der Waals surface area contributed by atoms with Crippen LogP contribution in [0, 0.1) is 6.92 Å². The molecule has 0 aliphatic heterocycles. The van der Waals surface area contributed by atoms with Crippen LogP contribution in [-0.4, -0.2) is 40.4 Å². The fourth-order valence-corrected chi connectivity index (χ4v) is 3.16. The average Bonchev–Trinajstić information content (AvgIpc) is 2.54. The molecule has 0 aliphatic rings. The van der Waals surface area contributed by atoms with Crippen molar-refractivity contribution in [3.05, 3.63) is 53.6 Å². The molecule has 2 rings (SSSR count). The highest BCUT2D eigenvalue weighted by Crippen LogP contribution is 2.28. The summed E-state index contributed by atoms with van der Waals surface area (Å²) < 4.78 is 32.7. The second-order valence-corrected chi connectivity index (χ2v) is 7.22. The number of methoxy groups -OCH3 is 1. The number of sulfonamides is 1. The van der Waals surface area contributed by atoms with E-state index in [1.54, 1.807) is 38.4 Å². The Balaban J connectivity index is 2.41. The molecule has 0 aromatic heterocycles. The van der Waals surface area contributed by atoms with Crippen LogP contribution in [0.2, 0.25) is 0 Å². The van der Waals surface area contributed by atoms with Gasteiger partial charge in [-0.15, -0.1) is 0 Å². The van der Waals surface area contributed by atoms with Gasteiger partial charge in [0, 0.05) is 19.7 Å². The van der Waals surface area contributed by atoms with E-state index in [1.807, 2.05) is 6.92 Å². The predicted octanol–water partition coefficient (Wildman–Crippen LogP) is 2.51. The summed E-state index contributed by atoms with van der Waals surface area (Å²) >= 11 is 0. The van der Waals surface area contributed by atoms with Gasteiger partial charge in [0.25, 0.3) is 15.9 Å². The minimum atomic E-state index is -3.78. The largest absolute Gasteiger partial charge is 0.495 e. The van der Waals surface area contributed by atoms with Crippen molar-refractivity contribution in [1.82, 2.24) is 4.90 Å². The van der Waals surface area contributed by atoms with Crippen molar-refractivity contribution < 1.29 is 17.9 Å². The van der Waals surface area contributed by atoms with Crippen LogP contribution >= 0.6 is 0 Å². The molecule has 2 aromatic rings. The highest BCUT2D eigenvalue weighted by Gasteiger charge is 2.18. The fraction of sp³-hybridized carbons (Fsp3) is 0.235. The summed E-state index contributed by atoms with van der Waals surface area (Å²) in [5.74, 6) is 0.106. The zero-order valence-electron chi connectivity index (χ0n) is 14.0. The van der Waals surface area contributed by atoms with Gasteiger partial charge >= 0.3 is 0 Å². The molecule has 1 N–H and O–H groups in total. The number of hydrogen-bond acceptors (Lipinski definition) is 4. The van der Waals surface area contributed by atoms with Crippen molar-refractivity contribution in [2.45, 2.75) is 11.8 Å². The number of carbonyl (C=O) groups excluding carboxylic acids is 1. The minimum absolute atomic E-state index is 0.138. The van der Waals surface area contributed by atoms with E-state index in [0.717, 1.165) is 5.56 Å². The van der Waals surface area contributed by atoms with Gasteiger partial charge in [0.15, 0.2) is 0 Å². The van der Waals surface area contributed by atoms with Crippen molar-refractivity contribution in [3.63, 3.8) is 0 Å². The summed E-state index contributed by atoms with van der Waals surface area (Å²) in [6.45, 7) is 1.88. The molecule has 24 heavy (non-hydrogen) atoms. The van der Waals surface area contributed by atoms with E-state index < -0.39 is 10.0 Å². The molecule has 0 bridgehead atoms. The van der Waals surface area contributed by atoms with Crippen LogP contribution in [0.4, 0.5) is 5.69 Å². The molecular weight excluding hydrogens is 328 g/mol. The van der Waals surface area contributed by atoms with Crippen LogP contribution in [0.1, 0.15) is 15.9 Å². The zero-order valence-corrected chi connectivity index (χ0v) is 14.8. The number of anilines is 1. The topological polar surface area (TPSA) is 75.7 Å². The zero-order chi connectivity index (χ0) is 17.9. The number of hydrogen-bond donors (Lipinski definition) is 1. The summed E-state index contributed by atoms with van der Waals surface area (Å²) in [4.78, 5) is 13.6. The molecule has 0 atom stereocenters. The molecule has 0 spiro atoms. The van der Waals surface area contributed by atoms with Crippen molar-refractivity contribution in [2.75, 3.05) is 25.9 Å². The molecule has 128 valence electrons. The number of benzene rings is 2. The summed E-state index contributed by atoms with van der Waals surface area (Å²) in [6.07, 6.45) is 0. The Hall–Kier alpha value is -2.54. The standard InChI is InChI=1S/C17H20N2O4S/c1-12-5-8-14(9-6-12)24(21,22)18-15-11-13(17(20)19(2)3)7-10-16(15)23-4/h5-11,18H,1-4H3. The Morgan fingerprint density at radius 2 is 1.71 bits per heavy atom. The lowest BCUT2D eigenvalue weighted by molar-refractivity contribution is 0.0827. The van der Waals surface area contributed by atoms with E-state index in [-0.39, 0.29) is 16.5 Å². The third kappa shape index (κ3) is 3.86. The lowest BCUT2D eigenvalue weighted by Gasteiger charge is -2.15. The number of aryl methyl sites for hydroxylation is 1. The van der Waals surface area contributed by atoms with Crippen LogP contribution < -0.4 is 9.46 Å². The van der Waals surface area contributed by atoms with Crippen LogP contribution in [-0.2, 0) is 10.0 Å². The molecule has 0 saturated heterocycles. The van der Waals surface area contributed by atoms with E-state index in [0.29, 0.717) is 11.3 Å². The smallest absolute Gasteiger partial charge is 0.262 e. The molecule has 0 radical (unpaired) electrons. The maximum absolute atomic E-state index is 12.5. The maximum atomic E-state index is 12.5. The molecule has 6 nitrogen and oxygen atoms in total. The summed E-state index contributed by atoms with van der Waals surface area (Å²) in [5, 5.41) is 0. The first kappa shape index (κ1) is 17.8. The van der Waals surface area contributed by atoms with Crippen LogP contribution in [0.5, 0.6) is 5.75 Å². The van der Waals surface area contributed by atoms with Crippen molar-refractivity contribution in [3.8, 4) is 5.75 Å². The molecule has 1 amide bonds. The Bertz CT molecular complexity index is 843. The molecule has 0 heterocycles. The second kappa shape index (κ2) is 6.92. The molecule has 0 fully saturated rings. The van der Waals surface area contributed by atoms with E-state index >= 15 is 0 Å². The number of amides is 1. The first-order valence-electron chi connectivity index (χ1n) is 7.24. The number of nitrogens with one attached hydrogen (secondary N) is 1. The molecule has 7 heteroatoms. The lowest BCUT2D eigenvalue weighted by atomic mass is 10.1. The predicted molar refractivity (Wildman–Crippen MR) is 93.0 cm³/mol. The fourth-order valence-electron chi connectivity index (χ4n) is 2.10. The maximum Gasteiger partial charge on any atom is 0.262 e. The number of carbonyl (C=O) groups is 1. The number of ether oxygens (including phenoxy) is 1. The molecule has 0 unspecified atom stereocenters. The third-order valence-electron chi connectivity index (χ3n) is 3.43. The Morgan fingerprint density at radius 3 is 2.25 bits per heavy atom. The Morgan fingerprint density at radius 1 is 1.08 bits per heavy atom. The van der Waals surface area contributed by atoms with Gasteiger partial charge in [-0.25, -0.2) is 8.42 Å². The molecule has 0 saturated carbocycles. The first-order chi connectivity index (χ1) is 11.2. The number of nitrogens with zero attached hydrogens (tertiary/aromatic N) is 1. The summed E-state index contributed by atoms with van der Waals surface area (Å²) in [6, 6.07) is 11.1. The normalized spacial score (nSPS) is 11.0. The van der Waals surface area contributed by atoms with E-state index in [9.17, 15) is 13.2 Å². The highest BCUT2D eigenvalue weighted by molar-refractivity contribution is 7.92. The monoisotopic (exact) mass is 348 g/mol. The molecule has 2 aromatic carbocycles. The average molecular weight is 348 g/mol. The van der Waals surface area contributed by atoms with Gasteiger partial charge < -0.3 is 9.64 Å². The third-order valence-corrected chi connectivity index (χ3v) is 4.81. The van der Waals surface area contributed by atoms with Crippen molar-refractivity contribution >= 4 is 21.6 Å².